The first kappa shape index (κ1) is 22.3. The molecule has 0 atom stereocenters. The molecule has 0 saturated carbocycles. The molecule has 2 heteroatoms. The number of unbranched alkanes of at least 4 members (excludes halogenated alkanes) is 14. The Labute approximate surface area is 146 Å². The molecular formula is C20H42OS. The van der Waals surface area contributed by atoms with Gasteiger partial charge in [-0.15, -0.1) is 0 Å². The van der Waals surface area contributed by atoms with Crippen molar-refractivity contribution in [2.75, 3.05) is 19.0 Å². The average molecular weight is 331 g/mol. The third kappa shape index (κ3) is 20.3. The van der Waals surface area contributed by atoms with Crippen molar-refractivity contribution in [3.63, 3.8) is 0 Å². The normalized spacial score (nSPS) is 11.2. The summed E-state index contributed by atoms with van der Waals surface area (Å²) in [7, 11) is 0. The van der Waals surface area contributed by atoms with Gasteiger partial charge in [0.25, 0.3) is 0 Å². The minimum absolute atomic E-state index is 0.964. The van der Waals surface area contributed by atoms with Crippen molar-refractivity contribution in [2.45, 2.75) is 110 Å². The van der Waals surface area contributed by atoms with Gasteiger partial charge in [-0.05, 0) is 25.0 Å². The molecule has 0 spiro atoms. The van der Waals surface area contributed by atoms with Crippen molar-refractivity contribution >= 4 is 12.6 Å². The summed E-state index contributed by atoms with van der Waals surface area (Å²) >= 11 is 4.25. The van der Waals surface area contributed by atoms with Crippen LogP contribution < -0.4 is 0 Å². The topological polar surface area (TPSA) is 9.23 Å². The van der Waals surface area contributed by atoms with Crippen LogP contribution in [0.25, 0.3) is 0 Å². The molecule has 0 aliphatic heterocycles. The van der Waals surface area contributed by atoms with Gasteiger partial charge in [0.15, 0.2) is 0 Å². The predicted molar refractivity (Wildman–Crippen MR) is 104 cm³/mol. The first-order valence-electron chi connectivity index (χ1n) is 10.1. The quantitative estimate of drug-likeness (QED) is 0.195. The zero-order valence-electron chi connectivity index (χ0n) is 15.3. The molecule has 0 aliphatic carbocycles. The average Bonchev–Trinajstić information content (AvgIpc) is 2.54. The summed E-state index contributed by atoms with van der Waals surface area (Å²) in [6.45, 7) is 4.16. The molecule has 134 valence electrons. The highest BCUT2D eigenvalue weighted by Gasteiger charge is 1.94. The smallest absolute Gasteiger partial charge is 0.0466 e. The van der Waals surface area contributed by atoms with Crippen LogP contribution in [0, 0.1) is 0 Å². The highest BCUT2D eigenvalue weighted by molar-refractivity contribution is 7.80. The Balaban J connectivity index is 2.91. The van der Waals surface area contributed by atoms with E-state index in [9.17, 15) is 0 Å². The minimum Gasteiger partial charge on any atom is -0.381 e. The molecule has 0 unspecified atom stereocenters. The van der Waals surface area contributed by atoms with Gasteiger partial charge in [-0.25, -0.2) is 0 Å². The molecule has 0 aliphatic rings. The summed E-state index contributed by atoms with van der Waals surface area (Å²) in [6, 6.07) is 0. The van der Waals surface area contributed by atoms with E-state index in [1.165, 1.54) is 103 Å². The Morgan fingerprint density at radius 1 is 0.500 bits per heavy atom. The summed E-state index contributed by atoms with van der Waals surface area (Å²) in [4.78, 5) is 0. The molecule has 0 aromatic rings. The fraction of sp³-hybridized carbons (Fsp3) is 1.00. The monoisotopic (exact) mass is 330 g/mol. The molecular weight excluding hydrogens is 288 g/mol. The second-order valence-electron chi connectivity index (χ2n) is 6.64. The van der Waals surface area contributed by atoms with E-state index in [4.69, 9.17) is 4.74 Å². The highest BCUT2D eigenvalue weighted by atomic mass is 32.1. The third-order valence-corrected chi connectivity index (χ3v) is 4.66. The van der Waals surface area contributed by atoms with Crippen molar-refractivity contribution in [2.24, 2.45) is 0 Å². The second-order valence-corrected chi connectivity index (χ2v) is 7.09. The molecule has 0 saturated heterocycles. The van der Waals surface area contributed by atoms with Crippen LogP contribution in [-0.2, 0) is 4.74 Å². The Bertz CT molecular complexity index is 165. The van der Waals surface area contributed by atoms with Crippen LogP contribution in [0.2, 0.25) is 0 Å². The standard InChI is InChI=1S/C20H42OS/c1-2-3-18-21-19-16-14-12-10-8-6-4-5-7-9-11-13-15-17-20-22/h22H,2-20H2,1H3. The maximum atomic E-state index is 5.58. The summed E-state index contributed by atoms with van der Waals surface area (Å²) < 4.78 is 5.58. The lowest BCUT2D eigenvalue weighted by Crippen LogP contribution is -1.96. The van der Waals surface area contributed by atoms with Gasteiger partial charge < -0.3 is 4.74 Å². The number of hydrogen-bond donors (Lipinski definition) is 1. The van der Waals surface area contributed by atoms with E-state index >= 15 is 0 Å². The summed E-state index contributed by atoms with van der Waals surface area (Å²) in [5.74, 6) is 1.06. The van der Waals surface area contributed by atoms with Gasteiger partial charge in [-0.2, -0.15) is 12.6 Å². The van der Waals surface area contributed by atoms with Crippen LogP contribution in [0.1, 0.15) is 110 Å². The number of thiol groups is 1. The Hall–Kier alpha value is 0.310. The molecule has 0 radical (unpaired) electrons. The van der Waals surface area contributed by atoms with E-state index in [0.717, 1.165) is 19.0 Å². The molecule has 0 rings (SSSR count). The maximum Gasteiger partial charge on any atom is 0.0466 e. The lowest BCUT2D eigenvalue weighted by Gasteiger charge is -2.04. The summed E-state index contributed by atoms with van der Waals surface area (Å²) in [5, 5.41) is 0. The van der Waals surface area contributed by atoms with Crippen molar-refractivity contribution < 1.29 is 4.74 Å². The lowest BCUT2D eigenvalue weighted by molar-refractivity contribution is 0.127. The van der Waals surface area contributed by atoms with Crippen LogP contribution in [0.15, 0.2) is 0 Å². The van der Waals surface area contributed by atoms with Crippen LogP contribution in [0.4, 0.5) is 0 Å². The van der Waals surface area contributed by atoms with Crippen LogP contribution >= 0.6 is 12.6 Å². The van der Waals surface area contributed by atoms with E-state index in [1.807, 2.05) is 0 Å². The van der Waals surface area contributed by atoms with Gasteiger partial charge in [0.1, 0.15) is 0 Å². The van der Waals surface area contributed by atoms with E-state index < -0.39 is 0 Å². The lowest BCUT2D eigenvalue weighted by atomic mass is 10.0. The molecule has 0 aromatic carbocycles. The molecule has 0 aromatic heterocycles. The second kappa shape index (κ2) is 21.3. The van der Waals surface area contributed by atoms with Crippen LogP contribution in [0.5, 0.6) is 0 Å². The number of hydrogen-bond acceptors (Lipinski definition) is 2. The van der Waals surface area contributed by atoms with Gasteiger partial charge >= 0.3 is 0 Å². The maximum absolute atomic E-state index is 5.58. The SMILES string of the molecule is CCCCOCCCCCCCCCCCCCCCCS. The largest absolute Gasteiger partial charge is 0.381 e. The summed E-state index contributed by atoms with van der Waals surface area (Å²) in [6.07, 6.45) is 22.2. The predicted octanol–water partition coefficient (Wildman–Crippen LogP) is 7.19. The van der Waals surface area contributed by atoms with E-state index in [2.05, 4.69) is 19.6 Å². The van der Waals surface area contributed by atoms with Crippen molar-refractivity contribution in [1.29, 1.82) is 0 Å². The van der Waals surface area contributed by atoms with Gasteiger partial charge in [-0.3, -0.25) is 0 Å². The van der Waals surface area contributed by atoms with E-state index in [-0.39, 0.29) is 0 Å². The zero-order valence-corrected chi connectivity index (χ0v) is 16.2. The fourth-order valence-corrected chi connectivity index (χ4v) is 3.01. The van der Waals surface area contributed by atoms with Crippen molar-refractivity contribution in [1.82, 2.24) is 0 Å². The van der Waals surface area contributed by atoms with Gasteiger partial charge in [-0.1, -0.05) is 90.4 Å². The highest BCUT2D eigenvalue weighted by Crippen LogP contribution is 2.13. The fourth-order valence-electron chi connectivity index (χ4n) is 2.79. The van der Waals surface area contributed by atoms with E-state index in [1.54, 1.807) is 0 Å². The first-order chi connectivity index (χ1) is 10.9. The first-order valence-corrected chi connectivity index (χ1v) is 10.7. The van der Waals surface area contributed by atoms with Gasteiger partial charge in [0.05, 0.1) is 0 Å². The Kier molecular flexibility index (Phi) is 21.6. The molecule has 1 nitrogen and oxygen atoms in total. The van der Waals surface area contributed by atoms with Gasteiger partial charge in [0, 0.05) is 13.2 Å². The number of rotatable bonds is 19. The number of ether oxygens (including phenoxy) is 1. The van der Waals surface area contributed by atoms with Crippen LogP contribution in [-0.4, -0.2) is 19.0 Å². The molecule has 0 fully saturated rings. The molecule has 0 N–H and O–H groups in total. The summed E-state index contributed by atoms with van der Waals surface area (Å²) in [5.41, 5.74) is 0. The van der Waals surface area contributed by atoms with E-state index in [0.29, 0.717) is 0 Å². The molecule has 0 amide bonds. The molecule has 22 heavy (non-hydrogen) atoms. The third-order valence-electron chi connectivity index (χ3n) is 4.34. The Morgan fingerprint density at radius 3 is 1.27 bits per heavy atom. The van der Waals surface area contributed by atoms with Crippen LogP contribution in [0.3, 0.4) is 0 Å². The van der Waals surface area contributed by atoms with Crippen molar-refractivity contribution in [3.05, 3.63) is 0 Å². The van der Waals surface area contributed by atoms with Crippen molar-refractivity contribution in [3.8, 4) is 0 Å². The molecule has 0 heterocycles. The zero-order chi connectivity index (χ0) is 16.1. The van der Waals surface area contributed by atoms with Gasteiger partial charge in [0.2, 0.25) is 0 Å². The Morgan fingerprint density at radius 2 is 0.864 bits per heavy atom. The molecule has 0 bridgehead atoms. The minimum atomic E-state index is 0.964.